The Hall–Kier alpha value is -2.65. The van der Waals surface area contributed by atoms with Crippen LogP contribution < -0.4 is 0 Å². The van der Waals surface area contributed by atoms with Gasteiger partial charge in [-0.1, -0.05) is 0 Å². The molecule has 0 unspecified atom stereocenters. The molecule has 0 atom stereocenters. The van der Waals surface area contributed by atoms with Gasteiger partial charge in [-0.15, -0.1) is 0 Å². The molecule has 6 saturated carbocycles. The molecule has 0 radical (unpaired) electrons. The van der Waals surface area contributed by atoms with E-state index in [4.69, 9.17) is 23.7 Å². The first-order valence-electron chi connectivity index (χ1n) is 8.68. The summed E-state index contributed by atoms with van der Waals surface area (Å²) in [6.07, 6.45) is 0. The molecule has 28 heavy (non-hydrogen) atoms. The van der Waals surface area contributed by atoms with Crippen LogP contribution in [-0.2, 0) is 47.7 Å². The lowest BCUT2D eigenvalue weighted by atomic mass is 8.80. The molecule has 0 aromatic carbocycles. The Bertz CT molecular complexity index is 812. The first-order valence-corrected chi connectivity index (χ1v) is 8.68. The number of methoxy groups -OCH3 is 5. The molecule has 0 saturated heterocycles. The molecule has 0 bridgehead atoms. The van der Waals surface area contributed by atoms with Crippen LogP contribution >= 0.6 is 0 Å². The van der Waals surface area contributed by atoms with Gasteiger partial charge in [0.25, 0.3) is 0 Å². The van der Waals surface area contributed by atoms with Gasteiger partial charge in [0.05, 0.1) is 57.2 Å². The average Bonchev–Trinajstić information content (AvgIpc) is 2.73. The second-order valence-corrected chi connectivity index (χ2v) is 8.05. The fraction of sp³-hybridized carbons (Fsp3) is 0.722. The predicted molar refractivity (Wildman–Crippen MR) is 82.7 cm³/mol. The molecular formula is C18H18O10. The lowest BCUT2D eigenvalue weighted by Crippen LogP contribution is -3.26. The van der Waals surface area contributed by atoms with Crippen molar-refractivity contribution in [1.29, 1.82) is 0 Å². The highest BCUT2D eigenvalue weighted by molar-refractivity contribution is 6.21. The number of hydrogen-bond acceptors (Lipinski definition) is 10. The van der Waals surface area contributed by atoms with E-state index in [-0.39, 0.29) is 0 Å². The van der Waals surface area contributed by atoms with Crippen LogP contribution in [0.25, 0.3) is 0 Å². The summed E-state index contributed by atoms with van der Waals surface area (Å²) in [6.45, 7) is 0. The van der Waals surface area contributed by atoms with Crippen molar-refractivity contribution in [2.45, 2.75) is 0 Å². The largest absolute Gasteiger partial charge is 0.469 e. The molecule has 6 fully saturated rings. The first-order chi connectivity index (χ1) is 13.3. The Labute approximate surface area is 158 Å². The van der Waals surface area contributed by atoms with Crippen LogP contribution in [0, 0.1) is 44.8 Å². The molecule has 0 spiro atoms. The van der Waals surface area contributed by atoms with Crippen molar-refractivity contribution in [2.24, 2.45) is 44.8 Å². The zero-order chi connectivity index (χ0) is 20.7. The van der Waals surface area contributed by atoms with E-state index in [1.807, 2.05) is 0 Å². The zero-order valence-electron chi connectivity index (χ0n) is 15.8. The van der Waals surface area contributed by atoms with E-state index in [2.05, 4.69) is 0 Å². The SMILES string of the molecule is COC(=O)C12C3C4(C(=O)OC)C1C1(C(=O)OC)C2C3(C(=O)OC)C41C(=O)OC. The number of carbonyl (C=O) groups excluding carboxylic acids is 5. The second kappa shape index (κ2) is 4.18. The topological polar surface area (TPSA) is 132 Å². The van der Waals surface area contributed by atoms with Crippen molar-refractivity contribution in [1.82, 2.24) is 0 Å². The smallest absolute Gasteiger partial charge is 0.315 e. The Morgan fingerprint density at radius 2 is 0.786 bits per heavy atom. The monoisotopic (exact) mass is 394 g/mol. The van der Waals surface area contributed by atoms with E-state index >= 15 is 0 Å². The minimum Gasteiger partial charge on any atom is -0.469 e. The van der Waals surface area contributed by atoms with Crippen LogP contribution in [-0.4, -0.2) is 65.4 Å². The molecule has 6 rings (SSSR count). The van der Waals surface area contributed by atoms with Gasteiger partial charge >= 0.3 is 29.8 Å². The van der Waals surface area contributed by atoms with Gasteiger partial charge in [-0.2, -0.15) is 0 Å². The molecule has 10 nitrogen and oxygen atoms in total. The Morgan fingerprint density at radius 3 is 1.04 bits per heavy atom. The van der Waals surface area contributed by atoms with Gasteiger partial charge in [0, 0.05) is 17.8 Å². The second-order valence-electron chi connectivity index (χ2n) is 8.05. The van der Waals surface area contributed by atoms with Gasteiger partial charge in [-0.05, 0) is 0 Å². The number of ether oxygens (including phenoxy) is 5. The summed E-state index contributed by atoms with van der Waals surface area (Å²) in [5.41, 5.74) is -7.55. The number of hydrogen-bond donors (Lipinski definition) is 0. The maximum absolute atomic E-state index is 13.1. The number of carbonyl (C=O) groups is 5. The molecule has 150 valence electrons. The molecule has 10 heteroatoms. The molecule has 0 heterocycles. The maximum atomic E-state index is 13.1. The van der Waals surface area contributed by atoms with Crippen molar-refractivity contribution in [3.63, 3.8) is 0 Å². The normalized spacial score (nSPS) is 51.4. The lowest BCUT2D eigenvalue weighted by Gasteiger charge is -3.15. The number of rotatable bonds is 5. The van der Waals surface area contributed by atoms with Crippen molar-refractivity contribution in [3.8, 4) is 0 Å². The minimum atomic E-state index is -1.80. The van der Waals surface area contributed by atoms with Crippen LogP contribution in [0.4, 0.5) is 0 Å². The van der Waals surface area contributed by atoms with Gasteiger partial charge in [0.15, 0.2) is 0 Å². The molecule has 0 N–H and O–H groups in total. The predicted octanol–water partition coefficient (Wildman–Crippen LogP) is -1.30. The maximum Gasteiger partial charge on any atom is 0.315 e. The Kier molecular flexibility index (Phi) is 2.61. The minimum absolute atomic E-state index is 0.621. The first kappa shape index (κ1) is 17.4. The highest BCUT2D eigenvalue weighted by atomic mass is 16.6. The van der Waals surface area contributed by atoms with E-state index < -0.39 is 74.7 Å². The summed E-state index contributed by atoms with van der Waals surface area (Å²) >= 11 is 0. The highest BCUT2D eigenvalue weighted by Crippen LogP contribution is 3.22. The summed E-state index contributed by atoms with van der Waals surface area (Å²) < 4.78 is 24.8. The third kappa shape index (κ3) is 0.833. The van der Waals surface area contributed by atoms with Crippen LogP contribution in [0.5, 0.6) is 0 Å². The molecule has 0 aromatic rings. The Balaban J connectivity index is 1.81. The van der Waals surface area contributed by atoms with Crippen LogP contribution in [0.1, 0.15) is 0 Å². The van der Waals surface area contributed by atoms with Crippen molar-refractivity contribution in [2.75, 3.05) is 35.5 Å². The van der Waals surface area contributed by atoms with Crippen LogP contribution in [0.3, 0.4) is 0 Å². The molecule has 6 aliphatic carbocycles. The van der Waals surface area contributed by atoms with E-state index in [9.17, 15) is 24.0 Å². The molecule has 0 aromatic heterocycles. The van der Waals surface area contributed by atoms with Crippen molar-refractivity contribution in [3.05, 3.63) is 0 Å². The third-order valence-electron chi connectivity index (χ3n) is 8.63. The highest BCUT2D eigenvalue weighted by Gasteiger charge is 3.33. The molecule has 0 amide bonds. The fourth-order valence-electron chi connectivity index (χ4n) is 9.00. The van der Waals surface area contributed by atoms with Crippen molar-refractivity contribution < 1.29 is 47.7 Å². The number of esters is 5. The van der Waals surface area contributed by atoms with E-state index in [1.54, 1.807) is 0 Å². The van der Waals surface area contributed by atoms with E-state index in [0.29, 0.717) is 0 Å². The van der Waals surface area contributed by atoms with Gasteiger partial charge in [0.2, 0.25) is 0 Å². The molecular weight excluding hydrogens is 376 g/mol. The van der Waals surface area contributed by atoms with Gasteiger partial charge in [0.1, 0.15) is 5.41 Å². The summed E-state index contributed by atoms with van der Waals surface area (Å²) in [6, 6.07) is 0. The lowest BCUT2D eigenvalue weighted by molar-refractivity contribution is -0.711. The third-order valence-corrected chi connectivity index (χ3v) is 8.63. The molecule has 0 aliphatic heterocycles. The standard InChI is InChI=1S/C18H18O10/c1-24-9(19)14-6-15(10(20)25-2)7(14)17(12(22)27-4)8(14)16(6,11(21)26-3)18(15,17)13(23)28-5/h6-8H,1-5H3. The van der Waals surface area contributed by atoms with E-state index in [1.165, 1.54) is 7.11 Å². The fourth-order valence-corrected chi connectivity index (χ4v) is 9.00. The summed E-state index contributed by atoms with van der Waals surface area (Å²) in [5, 5.41) is 0. The van der Waals surface area contributed by atoms with Crippen molar-refractivity contribution >= 4 is 29.8 Å². The summed E-state index contributed by atoms with van der Waals surface area (Å²) in [7, 11) is 5.75. The molecule has 6 aliphatic rings. The van der Waals surface area contributed by atoms with Crippen LogP contribution in [0.2, 0.25) is 0 Å². The summed E-state index contributed by atoms with van der Waals surface area (Å²) in [4.78, 5) is 64.4. The van der Waals surface area contributed by atoms with Gasteiger partial charge < -0.3 is 23.7 Å². The summed E-state index contributed by atoms with van der Waals surface area (Å²) in [5.74, 6) is -6.32. The van der Waals surface area contributed by atoms with Gasteiger partial charge in [-0.25, -0.2) is 0 Å². The Morgan fingerprint density at radius 1 is 0.500 bits per heavy atom. The van der Waals surface area contributed by atoms with Gasteiger partial charge in [-0.3, -0.25) is 24.0 Å². The average molecular weight is 394 g/mol. The quantitative estimate of drug-likeness (QED) is 0.409. The van der Waals surface area contributed by atoms with Crippen LogP contribution in [0.15, 0.2) is 0 Å². The van der Waals surface area contributed by atoms with E-state index in [0.717, 1.165) is 28.4 Å². The zero-order valence-corrected chi connectivity index (χ0v) is 15.8.